The number of hydrogen-bond acceptors (Lipinski definition) is 3. The maximum absolute atomic E-state index is 12.0. The Labute approximate surface area is 95.5 Å². The molecule has 1 aliphatic carbocycles. The smallest absolute Gasteiger partial charge is 0.243 e. The van der Waals surface area contributed by atoms with Crippen molar-refractivity contribution in [2.45, 2.75) is 32.7 Å². The maximum Gasteiger partial charge on any atom is 0.243 e. The van der Waals surface area contributed by atoms with E-state index in [2.05, 4.69) is 6.58 Å². The van der Waals surface area contributed by atoms with E-state index in [1.165, 1.54) is 11.8 Å². The van der Waals surface area contributed by atoms with Gasteiger partial charge in [0.1, 0.15) is 11.5 Å². The van der Waals surface area contributed by atoms with Crippen LogP contribution in [0, 0.1) is 16.7 Å². The minimum Gasteiger partial charge on any atom is -0.331 e. The fourth-order valence-electron chi connectivity index (χ4n) is 1.90. The first-order valence-corrected chi connectivity index (χ1v) is 5.20. The minimum absolute atomic E-state index is 0.128. The molecular formula is C12H16N2O2. The van der Waals surface area contributed by atoms with Crippen molar-refractivity contribution in [1.82, 2.24) is 4.90 Å². The van der Waals surface area contributed by atoms with Crippen LogP contribution >= 0.6 is 0 Å². The number of carbonyl (C=O) groups excluding carboxylic acids is 2. The summed E-state index contributed by atoms with van der Waals surface area (Å²) < 4.78 is 0. The monoisotopic (exact) mass is 220 g/mol. The molecule has 0 bridgehead atoms. The molecule has 0 aromatic rings. The molecule has 0 N–H and O–H groups in total. The van der Waals surface area contributed by atoms with Gasteiger partial charge in [0, 0.05) is 7.05 Å². The number of likely N-dealkylation sites (N-methyl/N-ethyl adjacent to an activating group) is 1. The highest BCUT2D eigenvalue weighted by Gasteiger charge is 2.53. The summed E-state index contributed by atoms with van der Waals surface area (Å²) >= 11 is 0. The molecule has 1 atom stereocenters. The van der Waals surface area contributed by atoms with Crippen LogP contribution in [0.15, 0.2) is 12.2 Å². The summed E-state index contributed by atoms with van der Waals surface area (Å²) in [7, 11) is 1.56. The van der Waals surface area contributed by atoms with Gasteiger partial charge < -0.3 is 4.90 Å². The largest absolute Gasteiger partial charge is 0.331 e. The molecule has 86 valence electrons. The first kappa shape index (κ1) is 12.4. The topological polar surface area (TPSA) is 61.2 Å². The van der Waals surface area contributed by atoms with Gasteiger partial charge in [-0.15, -0.1) is 0 Å². The Morgan fingerprint density at radius 3 is 2.19 bits per heavy atom. The molecule has 1 amide bonds. The first-order chi connectivity index (χ1) is 7.35. The second-order valence-electron chi connectivity index (χ2n) is 4.47. The standard InChI is InChI=1S/C12H16N2O2/c1-8(2)10(9(3)15)14(4)11(16)12(7-13)5-6-12/h10H,1,5-6H2,2-4H3/t10-/m0/s1. The number of nitrogens with zero attached hydrogens (tertiary/aromatic N) is 2. The fraction of sp³-hybridized carbons (Fsp3) is 0.583. The predicted molar refractivity (Wildman–Crippen MR) is 59.3 cm³/mol. The van der Waals surface area contributed by atoms with E-state index in [4.69, 9.17) is 5.26 Å². The Balaban J connectivity index is 2.89. The van der Waals surface area contributed by atoms with Crippen LogP contribution in [0.4, 0.5) is 0 Å². The Hall–Kier alpha value is -1.63. The van der Waals surface area contributed by atoms with Gasteiger partial charge in [-0.05, 0) is 26.7 Å². The van der Waals surface area contributed by atoms with Crippen molar-refractivity contribution in [3.63, 3.8) is 0 Å². The van der Waals surface area contributed by atoms with E-state index < -0.39 is 11.5 Å². The van der Waals surface area contributed by atoms with E-state index in [9.17, 15) is 9.59 Å². The molecule has 1 aliphatic rings. The summed E-state index contributed by atoms with van der Waals surface area (Å²) in [5.41, 5.74) is -0.255. The van der Waals surface area contributed by atoms with Crippen LogP contribution in [0.3, 0.4) is 0 Å². The lowest BCUT2D eigenvalue weighted by atomic mass is 10.0. The normalized spacial score (nSPS) is 18.1. The van der Waals surface area contributed by atoms with Crippen molar-refractivity contribution in [3.05, 3.63) is 12.2 Å². The van der Waals surface area contributed by atoms with Crippen LogP contribution in [0.1, 0.15) is 26.7 Å². The molecule has 4 nitrogen and oxygen atoms in total. The van der Waals surface area contributed by atoms with Crippen molar-refractivity contribution >= 4 is 11.7 Å². The zero-order valence-corrected chi connectivity index (χ0v) is 9.91. The van der Waals surface area contributed by atoms with Crippen molar-refractivity contribution in [1.29, 1.82) is 5.26 Å². The first-order valence-electron chi connectivity index (χ1n) is 5.20. The van der Waals surface area contributed by atoms with Crippen molar-refractivity contribution < 1.29 is 9.59 Å². The number of carbonyl (C=O) groups is 2. The number of ketones is 1. The highest BCUT2D eigenvalue weighted by molar-refractivity contribution is 5.94. The Bertz CT molecular complexity index is 374. The van der Waals surface area contributed by atoms with E-state index in [0.29, 0.717) is 18.4 Å². The van der Waals surface area contributed by atoms with Crippen LogP contribution in [0.25, 0.3) is 0 Å². The summed E-state index contributed by atoms with van der Waals surface area (Å²) in [6.07, 6.45) is 1.18. The van der Waals surface area contributed by atoms with Gasteiger partial charge in [0.15, 0.2) is 5.78 Å². The van der Waals surface area contributed by atoms with Crippen molar-refractivity contribution in [2.75, 3.05) is 7.05 Å². The Kier molecular flexibility index (Phi) is 3.18. The maximum atomic E-state index is 12.0. The van der Waals surface area contributed by atoms with E-state index in [-0.39, 0.29) is 11.7 Å². The van der Waals surface area contributed by atoms with E-state index >= 15 is 0 Å². The zero-order chi connectivity index (χ0) is 12.5. The van der Waals surface area contributed by atoms with E-state index in [0.717, 1.165) is 0 Å². The number of amides is 1. The van der Waals surface area contributed by atoms with Crippen LogP contribution in [-0.2, 0) is 9.59 Å². The van der Waals surface area contributed by atoms with E-state index in [1.807, 2.05) is 6.07 Å². The third-order valence-corrected chi connectivity index (χ3v) is 2.93. The van der Waals surface area contributed by atoms with Gasteiger partial charge in [-0.3, -0.25) is 9.59 Å². The van der Waals surface area contributed by atoms with Gasteiger partial charge in [-0.2, -0.15) is 5.26 Å². The van der Waals surface area contributed by atoms with Crippen LogP contribution in [0.2, 0.25) is 0 Å². The second kappa shape index (κ2) is 4.09. The van der Waals surface area contributed by atoms with Gasteiger partial charge in [0.05, 0.1) is 6.07 Å². The van der Waals surface area contributed by atoms with Crippen LogP contribution in [0.5, 0.6) is 0 Å². The molecule has 1 rings (SSSR count). The third-order valence-electron chi connectivity index (χ3n) is 2.93. The lowest BCUT2D eigenvalue weighted by Gasteiger charge is -2.28. The molecule has 0 saturated heterocycles. The van der Waals surface area contributed by atoms with Crippen LogP contribution < -0.4 is 0 Å². The molecule has 0 aromatic carbocycles. The lowest BCUT2D eigenvalue weighted by Crippen LogP contribution is -2.45. The zero-order valence-electron chi connectivity index (χ0n) is 9.91. The SMILES string of the molecule is C=C(C)[C@@H](C(C)=O)N(C)C(=O)C1(C#N)CC1. The quantitative estimate of drug-likeness (QED) is 0.670. The summed E-state index contributed by atoms with van der Waals surface area (Å²) in [5.74, 6) is -0.393. The summed E-state index contributed by atoms with van der Waals surface area (Å²) in [4.78, 5) is 24.8. The molecular weight excluding hydrogens is 204 g/mol. The molecule has 0 heterocycles. The number of hydrogen-bond donors (Lipinski definition) is 0. The predicted octanol–water partition coefficient (Wildman–Crippen LogP) is 1.28. The highest BCUT2D eigenvalue weighted by atomic mass is 16.2. The molecule has 0 radical (unpaired) electrons. The van der Waals surface area contributed by atoms with E-state index in [1.54, 1.807) is 14.0 Å². The van der Waals surface area contributed by atoms with Gasteiger partial charge in [-0.25, -0.2) is 0 Å². The van der Waals surface area contributed by atoms with Crippen molar-refractivity contribution in [3.8, 4) is 6.07 Å². The van der Waals surface area contributed by atoms with Gasteiger partial charge in [0.25, 0.3) is 0 Å². The van der Waals surface area contributed by atoms with Crippen molar-refractivity contribution in [2.24, 2.45) is 5.41 Å². The van der Waals surface area contributed by atoms with Gasteiger partial charge in [-0.1, -0.05) is 12.2 Å². The Morgan fingerprint density at radius 2 is 1.94 bits per heavy atom. The highest BCUT2D eigenvalue weighted by Crippen LogP contribution is 2.46. The number of Topliss-reactive ketones (excluding diaryl/α,β-unsaturated/α-hetero) is 1. The molecule has 4 heteroatoms. The Morgan fingerprint density at radius 1 is 1.44 bits per heavy atom. The molecule has 1 fully saturated rings. The van der Waals surface area contributed by atoms with Gasteiger partial charge >= 0.3 is 0 Å². The lowest BCUT2D eigenvalue weighted by molar-refractivity contribution is -0.139. The second-order valence-corrected chi connectivity index (χ2v) is 4.47. The molecule has 0 spiro atoms. The summed E-state index contributed by atoms with van der Waals surface area (Å²) in [6.45, 7) is 6.85. The van der Waals surface area contributed by atoms with Gasteiger partial charge in [0.2, 0.25) is 5.91 Å². The third kappa shape index (κ3) is 1.99. The molecule has 0 unspecified atom stereocenters. The summed E-state index contributed by atoms with van der Waals surface area (Å²) in [6, 6.07) is 1.42. The average molecular weight is 220 g/mol. The minimum atomic E-state index is -0.877. The number of nitriles is 1. The summed E-state index contributed by atoms with van der Waals surface area (Å²) in [5, 5.41) is 8.93. The fourth-order valence-corrected chi connectivity index (χ4v) is 1.90. The van der Waals surface area contributed by atoms with Crippen LogP contribution in [-0.4, -0.2) is 29.7 Å². The molecule has 0 aromatic heterocycles. The number of rotatable bonds is 4. The average Bonchev–Trinajstić information content (AvgIpc) is 2.95. The molecule has 0 aliphatic heterocycles. The molecule has 16 heavy (non-hydrogen) atoms. The molecule has 1 saturated carbocycles.